The summed E-state index contributed by atoms with van der Waals surface area (Å²) in [5, 5.41) is 1.77. The van der Waals surface area contributed by atoms with Gasteiger partial charge in [0.25, 0.3) is 0 Å². The molecule has 0 unspecified atom stereocenters. The van der Waals surface area contributed by atoms with Crippen LogP contribution < -0.4 is 0 Å². The van der Waals surface area contributed by atoms with Crippen LogP contribution in [0.2, 0.25) is 0 Å². The van der Waals surface area contributed by atoms with Crippen LogP contribution in [0.4, 0.5) is 4.39 Å². The number of benzene rings is 1. The van der Waals surface area contributed by atoms with Crippen LogP contribution in [0.1, 0.15) is 0 Å². The van der Waals surface area contributed by atoms with Gasteiger partial charge in [-0.25, -0.2) is 4.39 Å². The average Bonchev–Trinajstić information content (AvgIpc) is 2.91. The number of aromatic nitrogens is 3. The lowest BCUT2D eigenvalue weighted by molar-refractivity contribution is 0.616. The molecule has 0 saturated heterocycles. The predicted molar refractivity (Wildman–Crippen MR) is 76.3 cm³/mol. The van der Waals surface area contributed by atoms with Crippen LogP contribution in [-0.2, 0) is 0 Å². The van der Waals surface area contributed by atoms with Crippen molar-refractivity contribution in [2.45, 2.75) is 0 Å². The molecule has 3 aromatic heterocycles. The first-order valence-electron chi connectivity index (χ1n) is 6.29. The number of rotatable bonds is 1. The van der Waals surface area contributed by atoms with Gasteiger partial charge in [-0.15, -0.1) is 0 Å². The minimum absolute atomic E-state index is 0.335. The highest BCUT2D eigenvalue weighted by atomic mass is 19.1. The van der Waals surface area contributed by atoms with E-state index >= 15 is 0 Å². The number of fused-ring (bicyclic) bond motifs is 2. The normalized spacial score (nSPS) is 11.2. The van der Waals surface area contributed by atoms with Crippen LogP contribution in [0.25, 0.3) is 27.5 Å². The van der Waals surface area contributed by atoms with Crippen molar-refractivity contribution in [3.8, 4) is 5.69 Å². The minimum Gasteiger partial charge on any atom is -0.313 e. The third-order valence-corrected chi connectivity index (χ3v) is 3.43. The fourth-order valence-corrected chi connectivity index (χ4v) is 2.52. The summed E-state index contributed by atoms with van der Waals surface area (Å²) in [5.41, 5.74) is 2.23. The van der Waals surface area contributed by atoms with Crippen molar-refractivity contribution in [1.82, 2.24) is 14.5 Å². The standard InChI is InChI=1S/C16H10FN3/c17-13-10-19-14-4-2-1-3-12(14)16(13)20-8-6-11-9-18-7-5-15(11)20/h1-10H. The summed E-state index contributed by atoms with van der Waals surface area (Å²) in [6, 6.07) is 11.4. The van der Waals surface area contributed by atoms with Crippen LogP contribution >= 0.6 is 0 Å². The second kappa shape index (κ2) is 4.13. The van der Waals surface area contributed by atoms with Crippen LogP contribution in [-0.4, -0.2) is 14.5 Å². The highest BCUT2D eigenvalue weighted by molar-refractivity contribution is 5.90. The van der Waals surface area contributed by atoms with Crippen LogP contribution in [0.5, 0.6) is 0 Å². The third-order valence-electron chi connectivity index (χ3n) is 3.43. The molecule has 0 atom stereocenters. The van der Waals surface area contributed by atoms with Gasteiger partial charge in [-0.1, -0.05) is 18.2 Å². The van der Waals surface area contributed by atoms with Gasteiger partial charge in [0.1, 0.15) is 0 Å². The lowest BCUT2D eigenvalue weighted by Crippen LogP contribution is -1.99. The van der Waals surface area contributed by atoms with Gasteiger partial charge in [0, 0.05) is 29.4 Å². The second-order valence-corrected chi connectivity index (χ2v) is 4.59. The molecule has 96 valence electrons. The molecule has 0 spiro atoms. The lowest BCUT2D eigenvalue weighted by atomic mass is 10.2. The maximum Gasteiger partial charge on any atom is 0.166 e. The van der Waals surface area contributed by atoms with E-state index < -0.39 is 0 Å². The van der Waals surface area contributed by atoms with Gasteiger partial charge in [0.2, 0.25) is 0 Å². The van der Waals surface area contributed by atoms with Gasteiger partial charge < -0.3 is 4.57 Å². The van der Waals surface area contributed by atoms with E-state index in [1.165, 1.54) is 6.20 Å². The summed E-state index contributed by atoms with van der Waals surface area (Å²) >= 11 is 0. The summed E-state index contributed by atoms with van der Waals surface area (Å²) in [5.74, 6) is -0.335. The molecule has 0 aliphatic heterocycles. The fraction of sp³-hybridized carbons (Fsp3) is 0. The fourth-order valence-electron chi connectivity index (χ4n) is 2.52. The summed E-state index contributed by atoms with van der Waals surface area (Å²) in [7, 11) is 0. The molecule has 0 saturated carbocycles. The van der Waals surface area contributed by atoms with Gasteiger partial charge in [-0.05, 0) is 18.2 Å². The highest BCUT2D eigenvalue weighted by Gasteiger charge is 2.12. The Morgan fingerprint density at radius 2 is 1.90 bits per heavy atom. The first-order chi connectivity index (χ1) is 9.84. The minimum atomic E-state index is -0.335. The number of para-hydroxylation sites is 1. The smallest absolute Gasteiger partial charge is 0.166 e. The van der Waals surface area contributed by atoms with E-state index in [9.17, 15) is 4.39 Å². The second-order valence-electron chi connectivity index (χ2n) is 4.59. The Kier molecular flexibility index (Phi) is 2.29. The van der Waals surface area contributed by atoms with Crippen molar-refractivity contribution in [2.75, 3.05) is 0 Å². The first kappa shape index (κ1) is 11.1. The molecule has 1 aromatic carbocycles. The van der Waals surface area contributed by atoms with E-state index in [1.54, 1.807) is 12.4 Å². The van der Waals surface area contributed by atoms with E-state index in [2.05, 4.69) is 9.97 Å². The monoisotopic (exact) mass is 263 g/mol. The largest absolute Gasteiger partial charge is 0.313 e. The quantitative estimate of drug-likeness (QED) is 0.524. The number of halogens is 1. The van der Waals surface area contributed by atoms with Gasteiger partial charge in [-0.3, -0.25) is 9.97 Å². The van der Waals surface area contributed by atoms with E-state index in [0.717, 1.165) is 21.8 Å². The molecular weight excluding hydrogens is 253 g/mol. The lowest BCUT2D eigenvalue weighted by Gasteiger charge is -2.10. The van der Waals surface area contributed by atoms with Crippen molar-refractivity contribution in [3.05, 3.63) is 67.0 Å². The van der Waals surface area contributed by atoms with Crippen LogP contribution in [0, 0.1) is 5.82 Å². The third kappa shape index (κ3) is 1.51. The Morgan fingerprint density at radius 1 is 1.00 bits per heavy atom. The van der Waals surface area contributed by atoms with Crippen molar-refractivity contribution in [3.63, 3.8) is 0 Å². The molecule has 4 heteroatoms. The molecule has 4 rings (SSSR count). The number of hydrogen-bond acceptors (Lipinski definition) is 2. The number of hydrogen-bond donors (Lipinski definition) is 0. The summed E-state index contributed by atoms with van der Waals surface area (Å²) in [4.78, 5) is 8.22. The van der Waals surface area contributed by atoms with Crippen LogP contribution in [0.15, 0.2) is 61.2 Å². The summed E-state index contributed by atoms with van der Waals surface area (Å²) in [6.07, 6.45) is 6.61. The van der Waals surface area contributed by atoms with E-state index in [-0.39, 0.29) is 5.82 Å². The molecule has 0 aliphatic carbocycles. The molecule has 0 amide bonds. The zero-order chi connectivity index (χ0) is 13.5. The molecule has 4 aromatic rings. The topological polar surface area (TPSA) is 30.7 Å². The first-order valence-corrected chi connectivity index (χ1v) is 6.29. The maximum atomic E-state index is 14.3. The SMILES string of the molecule is Fc1cnc2ccccc2c1-n1ccc2cnccc21. The Balaban J connectivity index is 2.14. The zero-order valence-corrected chi connectivity index (χ0v) is 10.5. The molecule has 3 heterocycles. The van der Waals surface area contributed by atoms with Crippen molar-refractivity contribution >= 4 is 21.8 Å². The summed E-state index contributed by atoms with van der Waals surface area (Å²) in [6.45, 7) is 0. The Hall–Kier alpha value is -2.75. The van der Waals surface area contributed by atoms with Crippen molar-refractivity contribution < 1.29 is 4.39 Å². The Labute approximate surface area is 114 Å². The van der Waals surface area contributed by atoms with Gasteiger partial charge in [-0.2, -0.15) is 0 Å². The van der Waals surface area contributed by atoms with Crippen molar-refractivity contribution in [2.24, 2.45) is 0 Å². The van der Waals surface area contributed by atoms with Gasteiger partial charge >= 0.3 is 0 Å². The van der Waals surface area contributed by atoms with E-state index in [0.29, 0.717) is 5.69 Å². The average molecular weight is 263 g/mol. The summed E-state index contributed by atoms with van der Waals surface area (Å²) < 4.78 is 16.2. The molecule has 20 heavy (non-hydrogen) atoms. The molecule has 3 nitrogen and oxygen atoms in total. The zero-order valence-electron chi connectivity index (χ0n) is 10.5. The van der Waals surface area contributed by atoms with E-state index in [4.69, 9.17) is 0 Å². The Bertz CT molecular complexity index is 927. The van der Waals surface area contributed by atoms with Crippen molar-refractivity contribution in [1.29, 1.82) is 0 Å². The molecule has 0 fully saturated rings. The Morgan fingerprint density at radius 3 is 2.85 bits per heavy atom. The molecular formula is C16H10FN3. The number of pyridine rings is 2. The molecule has 0 aliphatic rings. The predicted octanol–water partition coefficient (Wildman–Crippen LogP) is 3.71. The molecule has 0 bridgehead atoms. The molecule has 0 N–H and O–H groups in total. The van der Waals surface area contributed by atoms with Gasteiger partial charge in [0.05, 0.1) is 22.9 Å². The van der Waals surface area contributed by atoms with Crippen LogP contribution in [0.3, 0.4) is 0 Å². The maximum absolute atomic E-state index is 14.3. The number of nitrogens with zero attached hydrogens (tertiary/aromatic N) is 3. The van der Waals surface area contributed by atoms with E-state index in [1.807, 2.05) is 47.2 Å². The molecule has 0 radical (unpaired) electrons. The van der Waals surface area contributed by atoms with Gasteiger partial charge in [0.15, 0.2) is 5.82 Å². The highest BCUT2D eigenvalue weighted by Crippen LogP contribution is 2.27.